The summed E-state index contributed by atoms with van der Waals surface area (Å²) in [5.41, 5.74) is 1.78. The molecule has 1 aromatic rings. The zero-order chi connectivity index (χ0) is 10.6. The van der Waals surface area contributed by atoms with Crippen LogP contribution in [0, 0.1) is 29.6 Å². The van der Waals surface area contributed by atoms with E-state index in [4.69, 9.17) is 10.5 Å². The van der Waals surface area contributed by atoms with Crippen LogP contribution in [0.15, 0.2) is 18.2 Å². The van der Waals surface area contributed by atoms with Crippen LogP contribution in [0.4, 0.5) is 0 Å². The van der Waals surface area contributed by atoms with Crippen molar-refractivity contribution in [3.05, 3.63) is 34.9 Å². The highest BCUT2D eigenvalue weighted by molar-refractivity contribution is 5.98. The van der Waals surface area contributed by atoms with Crippen LogP contribution in [-0.2, 0) is 0 Å². The second-order valence-electron chi connectivity index (χ2n) is 2.90. The fraction of sp³-hybridized carbons (Fsp3) is 0.182. The zero-order valence-electron chi connectivity index (χ0n) is 7.74. The van der Waals surface area contributed by atoms with Crippen molar-refractivity contribution in [2.75, 3.05) is 0 Å². The molecule has 0 bridgehead atoms. The Morgan fingerprint density at radius 3 is 2.64 bits per heavy atom. The lowest BCUT2D eigenvalue weighted by Crippen LogP contribution is -2.00. The molecule has 0 saturated carbocycles. The summed E-state index contributed by atoms with van der Waals surface area (Å²) in [6.45, 7) is 1.76. The van der Waals surface area contributed by atoms with Gasteiger partial charge in [0.25, 0.3) is 0 Å². The van der Waals surface area contributed by atoms with Gasteiger partial charge in [-0.2, -0.15) is 10.5 Å². The van der Waals surface area contributed by atoms with Gasteiger partial charge >= 0.3 is 0 Å². The van der Waals surface area contributed by atoms with Crippen molar-refractivity contribution in [3.63, 3.8) is 0 Å². The molecule has 0 aromatic heterocycles. The van der Waals surface area contributed by atoms with Crippen LogP contribution in [0.5, 0.6) is 0 Å². The highest BCUT2D eigenvalue weighted by Gasteiger charge is 2.08. The van der Waals surface area contributed by atoms with Crippen molar-refractivity contribution in [1.29, 1.82) is 10.5 Å². The van der Waals surface area contributed by atoms with E-state index in [1.165, 1.54) is 0 Å². The van der Waals surface area contributed by atoms with E-state index in [2.05, 4.69) is 0 Å². The van der Waals surface area contributed by atoms with E-state index in [9.17, 15) is 4.79 Å². The molecule has 1 rings (SSSR count). The molecule has 14 heavy (non-hydrogen) atoms. The molecule has 0 spiro atoms. The van der Waals surface area contributed by atoms with E-state index in [0.717, 1.165) is 5.56 Å². The van der Waals surface area contributed by atoms with Crippen LogP contribution in [0.3, 0.4) is 0 Å². The lowest BCUT2D eigenvalue weighted by molar-refractivity contribution is 0.0997. The Morgan fingerprint density at radius 2 is 2.14 bits per heavy atom. The van der Waals surface area contributed by atoms with Crippen LogP contribution >= 0.6 is 0 Å². The molecule has 0 aliphatic heterocycles. The third-order valence-electron chi connectivity index (χ3n) is 1.90. The number of Topliss-reactive ketones (excluding diaryl/α,β-unsaturated/α-hetero) is 1. The average Bonchev–Trinajstić information content (AvgIpc) is 2.17. The molecule has 1 aromatic carbocycles. The van der Waals surface area contributed by atoms with Gasteiger partial charge in [-0.25, -0.2) is 0 Å². The summed E-state index contributed by atoms with van der Waals surface area (Å²) in [6.07, 6.45) is -0.118. The fourth-order valence-corrected chi connectivity index (χ4v) is 1.21. The Labute approximate surface area is 82.2 Å². The normalized spacial score (nSPS) is 8.79. The van der Waals surface area contributed by atoms with Gasteiger partial charge in [-0.1, -0.05) is 0 Å². The van der Waals surface area contributed by atoms with E-state index in [-0.39, 0.29) is 12.2 Å². The number of carbonyl (C=O) groups is 1. The smallest absolute Gasteiger partial charge is 0.177 e. The van der Waals surface area contributed by atoms with E-state index in [1.807, 2.05) is 12.1 Å². The predicted octanol–water partition coefficient (Wildman–Crippen LogP) is 1.96. The van der Waals surface area contributed by atoms with Gasteiger partial charge in [0.05, 0.1) is 24.1 Å². The maximum absolute atomic E-state index is 11.4. The molecule has 0 atom stereocenters. The molecule has 0 unspecified atom stereocenters. The van der Waals surface area contributed by atoms with E-state index in [1.54, 1.807) is 25.1 Å². The van der Waals surface area contributed by atoms with Crippen LogP contribution in [0.1, 0.15) is 27.9 Å². The molecule has 0 fully saturated rings. The number of hydrogen-bond donors (Lipinski definition) is 0. The molecule has 3 nitrogen and oxygen atoms in total. The SMILES string of the molecule is Cc1cc(C#N)ccc1C(=O)CC#N. The summed E-state index contributed by atoms with van der Waals surface area (Å²) in [6, 6.07) is 8.61. The number of rotatable bonds is 2. The quantitative estimate of drug-likeness (QED) is 0.660. The largest absolute Gasteiger partial charge is 0.293 e. The van der Waals surface area contributed by atoms with Crippen molar-refractivity contribution in [2.24, 2.45) is 0 Å². The Hall–Kier alpha value is -2.13. The van der Waals surface area contributed by atoms with Crippen molar-refractivity contribution in [2.45, 2.75) is 13.3 Å². The maximum Gasteiger partial charge on any atom is 0.177 e. The summed E-state index contributed by atoms with van der Waals surface area (Å²) >= 11 is 0. The summed E-state index contributed by atoms with van der Waals surface area (Å²) in [7, 11) is 0. The summed E-state index contributed by atoms with van der Waals surface area (Å²) < 4.78 is 0. The minimum absolute atomic E-state index is 0.118. The summed E-state index contributed by atoms with van der Waals surface area (Å²) in [4.78, 5) is 11.4. The lowest BCUT2D eigenvalue weighted by Gasteiger charge is -2.01. The first-order valence-corrected chi connectivity index (χ1v) is 4.10. The number of nitrogens with zero attached hydrogens (tertiary/aromatic N) is 2. The highest BCUT2D eigenvalue weighted by Crippen LogP contribution is 2.12. The molecular formula is C11H8N2O. The third kappa shape index (κ3) is 1.97. The van der Waals surface area contributed by atoms with Crippen LogP contribution in [-0.4, -0.2) is 5.78 Å². The topological polar surface area (TPSA) is 64.7 Å². The van der Waals surface area contributed by atoms with Crippen molar-refractivity contribution < 1.29 is 4.79 Å². The lowest BCUT2D eigenvalue weighted by atomic mass is 10.0. The highest BCUT2D eigenvalue weighted by atomic mass is 16.1. The van der Waals surface area contributed by atoms with Crippen LogP contribution in [0.2, 0.25) is 0 Å². The van der Waals surface area contributed by atoms with Gasteiger partial charge in [0, 0.05) is 5.56 Å². The number of nitriles is 2. The van der Waals surface area contributed by atoms with E-state index >= 15 is 0 Å². The molecule has 0 heterocycles. The molecule has 0 radical (unpaired) electrons. The van der Waals surface area contributed by atoms with Gasteiger partial charge < -0.3 is 0 Å². The van der Waals surface area contributed by atoms with Gasteiger partial charge in [0.15, 0.2) is 5.78 Å². The maximum atomic E-state index is 11.4. The van der Waals surface area contributed by atoms with Gasteiger partial charge in [-0.15, -0.1) is 0 Å². The predicted molar refractivity (Wildman–Crippen MR) is 50.5 cm³/mol. The second-order valence-corrected chi connectivity index (χ2v) is 2.90. The van der Waals surface area contributed by atoms with Crippen LogP contribution < -0.4 is 0 Å². The van der Waals surface area contributed by atoms with Gasteiger partial charge in [-0.05, 0) is 30.7 Å². The van der Waals surface area contributed by atoms with Gasteiger partial charge in [0.1, 0.15) is 0 Å². The Bertz CT molecular complexity index is 449. The first-order valence-electron chi connectivity index (χ1n) is 4.10. The Kier molecular flexibility index (Phi) is 2.99. The molecule has 0 aliphatic rings. The fourth-order valence-electron chi connectivity index (χ4n) is 1.21. The summed E-state index contributed by atoms with van der Waals surface area (Å²) in [5.74, 6) is -0.200. The van der Waals surface area contributed by atoms with Crippen molar-refractivity contribution in [1.82, 2.24) is 0 Å². The van der Waals surface area contributed by atoms with E-state index in [0.29, 0.717) is 11.1 Å². The number of benzene rings is 1. The molecule has 0 amide bonds. The Balaban J connectivity index is 3.09. The van der Waals surface area contributed by atoms with Crippen molar-refractivity contribution in [3.8, 4) is 12.1 Å². The third-order valence-corrected chi connectivity index (χ3v) is 1.90. The zero-order valence-corrected chi connectivity index (χ0v) is 7.74. The second kappa shape index (κ2) is 4.20. The number of hydrogen-bond acceptors (Lipinski definition) is 3. The first-order chi connectivity index (χ1) is 6.69. The Morgan fingerprint density at radius 1 is 1.43 bits per heavy atom. The minimum atomic E-state index is -0.200. The van der Waals surface area contributed by atoms with Crippen molar-refractivity contribution >= 4 is 5.78 Å². The summed E-state index contributed by atoms with van der Waals surface area (Å²) in [5, 5.41) is 17.0. The molecule has 0 saturated heterocycles. The monoisotopic (exact) mass is 184 g/mol. The number of ketones is 1. The van der Waals surface area contributed by atoms with E-state index < -0.39 is 0 Å². The molecule has 3 heteroatoms. The molecule has 68 valence electrons. The van der Waals surface area contributed by atoms with Gasteiger partial charge in [-0.3, -0.25) is 4.79 Å². The molecular weight excluding hydrogens is 176 g/mol. The van der Waals surface area contributed by atoms with Gasteiger partial charge in [0.2, 0.25) is 0 Å². The standard InChI is InChI=1S/C11H8N2O/c1-8-6-9(7-13)2-3-10(8)11(14)4-5-12/h2-3,6H,4H2,1H3. The number of aryl methyl sites for hydroxylation is 1. The first kappa shape index (κ1) is 9.95. The minimum Gasteiger partial charge on any atom is -0.293 e. The molecule has 0 N–H and O–H groups in total. The average molecular weight is 184 g/mol. The number of carbonyl (C=O) groups excluding carboxylic acids is 1. The van der Waals surface area contributed by atoms with Crippen LogP contribution in [0.25, 0.3) is 0 Å². The molecule has 0 aliphatic carbocycles.